The Balaban J connectivity index is 2.69. The lowest BCUT2D eigenvalue weighted by atomic mass is 10.0. The minimum atomic E-state index is 0.338. The summed E-state index contributed by atoms with van der Waals surface area (Å²) in [7, 11) is 1.56. The molecule has 1 rings (SSSR count). The van der Waals surface area contributed by atoms with Crippen molar-refractivity contribution in [1.29, 1.82) is 0 Å². The minimum absolute atomic E-state index is 0.338. The topological polar surface area (TPSA) is 47.0 Å². The van der Waals surface area contributed by atoms with Gasteiger partial charge < -0.3 is 10.1 Å². The van der Waals surface area contributed by atoms with Crippen molar-refractivity contribution >= 4 is 17.4 Å². The van der Waals surface area contributed by atoms with Crippen molar-refractivity contribution in [3.05, 3.63) is 11.5 Å². The summed E-state index contributed by atoms with van der Waals surface area (Å²) in [6.07, 6.45) is 3.72. The van der Waals surface area contributed by atoms with Crippen LogP contribution in [0.4, 0.5) is 5.82 Å². The first kappa shape index (κ1) is 13.0. The highest BCUT2D eigenvalue weighted by Crippen LogP contribution is 2.28. The first-order valence-corrected chi connectivity index (χ1v) is 5.89. The van der Waals surface area contributed by atoms with E-state index in [-0.39, 0.29) is 0 Å². The van der Waals surface area contributed by atoms with Crippen LogP contribution in [0.15, 0.2) is 6.33 Å². The van der Waals surface area contributed by atoms with Gasteiger partial charge in [-0.1, -0.05) is 38.3 Å². The molecule has 0 amide bonds. The predicted molar refractivity (Wildman–Crippen MR) is 66.2 cm³/mol. The number of nitrogens with one attached hydrogen (secondary N) is 1. The summed E-state index contributed by atoms with van der Waals surface area (Å²) in [4.78, 5) is 7.99. The second-order valence-corrected chi connectivity index (χ2v) is 3.97. The maximum Gasteiger partial charge on any atom is 0.198 e. The third kappa shape index (κ3) is 3.23. The Labute approximate surface area is 101 Å². The number of rotatable bonds is 6. The van der Waals surface area contributed by atoms with Gasteiger partial charge in [0.05, 0.1) is 7.11 Å². The summed E-state index contributed by atoms with van der Waals surface area (Å²) in [5, 5.41) is 3.58. The summed E-state index contributed by atoms with van der Waals surface area (Å²) in [6.45, 7) is 5.23. The highest BCUT2D eigenvalue weighted by Gasteiger charge is 2.11. The predicted octanol–water partition coefficient (Wildman–Crippen LogP) is 2.99. The third-order valence-electron chi connectivity index (χ3n) is 2.68. The second-order valence-electron chi connectivity index (χ2n) is 3.61. The van der Waals surface area contributed by atoms with Crippen molar-refractivity contribution in [1.82, 2.24) is 9.97 Å². The average molecular weight is 244 g/mol. The lowest BCUT2D eigenvalue weighted by Gasteiger charge is -2.15. The van der Waals surface area contributed by atoms with Gasteiger partial charge >= 0.3 is 0 Å². The van der Waals surface area contributed by atoms with Crippen molar-refractivity contribution in [3.63, 3.8) is 0 Å². The van der Waals surface area contributed by atoms with Gasteiger partial charge in [-0.25, -0.2) is 9.97 Å². The Kier molecular flexibility index (Phi) is 5.32. The molecule has 0 aliphatic rings. The number of hydrogen-bond acceptors (Lipinski definition) is 4. The van der Waals surface area contributed by atoms with Crippen LogP contribution in [-0.2, 0) is 0 Å². The SMILES string of the molecule is CCC(CC)CNc1ncnc(Cl)c1OC. The Morgan fingerprint density at radius 2 is 2.06 bits per heavy atom. The average Bonchev–Trinajstić information content (AvgIpc) is 2.30. The molecule has 1 aromatic heterocycles. The standard InChI is InChI=1S/C11H18ClN3O/c1-4-8(5-2)6-13-11-9(16-3)10(12)14-7-15-11/h7-8H,4-6H2,1-3H3,(H,13,14,15). The normalized spacial score (nSPS) is 10.6. The van der Waals surface area contributed by atoms with Crippen LogP contribution in [0.5, 0.6) is 5.75 Å². The first-order valence-electron chi connectivity index (χ1n) is 5.51. The van der Waals surface area contributed by atoms with E-state index < -0.39 is 0 Å². The maximum absolute atomic E-state index is 5.90. The quantitative estimate of drug-likeness (QED) is 0.781. The number of halogens is 1. The molecule has 0 spiro atoms. The molecule has 1 N–H and O–H groups in total. The lowest BCUT2D eigenvalue weighted by Crippen LogP contribution is -2.14. The van der Waals surface area contributed by atoms with Crippen LogP contribution >= 0.6 is 11.6 Å². The molecule has 0 aliphatic carbocycles. The zero-order valence-electron chi connectivity index (χ0n) is 9.96. The molecule has 0 saturated heterocycles. The van der Waals surface area contributed by atoms with Gasteiger partial charge in [0.2, 0.25) is 0 Å². The van der Waals surface area contributed by atoms with Gasteiger partial charge in [-0.05, 0) is 5.92 Å². The van der Waals surface area contributed by atoms with E-state index in [0.29, 0.717) is 22.6 Å². The molecule has 16 heavy (non-hydrogen) atoms. The summed E-state index contributed by atoms with van der Waals surface area (Å²) >= 11 is 5.90. The fourth-order valence-corrected chi connectivity index (χ4v) is 1.69. The minimum Gasteiger partial charge on any atom is -0.490 e. The van der Waals surface area contributed by atoms with Gasteiger partial charge in [0, 0.05) is 6.54 Å². The Morgan fingerprint density at radius 1 is 1.38 bits per heavy atom. The smallest absolute Gasteiger partial charge is 0.198 e. The summed E-state index contributed by atoms with van der Waals surface area (Å²) < 4.78 is 5.16. The summed E-state index contributed by atoms with van der Waals surface area (Å²) in [6, 6.07) is 0. The van der Waals surface area contributed by atoms with Crippen LogP contribution in [0.25, 0.3) is 0 Å². The highest BCUT2D eigenvalue weighted by atomic mass is 35.5. The van der Waals surface area contributed by atoms with Crippen LogP contribution in [0.2, 0.25) is 5.15 Å². The number of anilines is 1. The summed E-state index contributed by atoms with van der Waals surface area (Å²) in [5.41, 5.74) is 0. The van der Waals surface area contributed by atoms with Gasteiger partial charge in [0.25, 0.3) is 0 Å². The van der Waals surface area contributed by atoms with E-state index in [0.717, 1.165) is 19.4 Å². The molecule has 1 heterocycles. The van der Waals surface area contributed by atoms with E-state index >= 15 is 0 Å². The molecule has 0 atom stereocenters. The number of methoxy groups -OCH3 is 1. The van der Waals surface area contributed by atoms with E-state index in [1.807, 2.05) is 0 Å². The van der Waals surface area contributed by atoms with Gasteiger partial charge in [0.15, 0.2) is 16.7 Å². The van der Waals surface area contributed by atoms with Gasteiger partial charge in [-0.15, -0.1) is 0 Å². The molecule has 4 nitrogen and oxygen atoms in total. The molecule has 0 aromatic carbocycles. The van der Waals surface area contributed by atoms with Crippen LogP contribution in [-0.4, -0.2) is 23.6 Å². The molecule has 0 saturated carbocycles. The van der Waals surface area contributed by atoms with Crippen molar-refractivity contribution in [2.75, 3.05) is 19.0 Å². The van der Waals surface area contributed by atoms with Gasteiger partial charge in [-0.3, -0.25) is 0 Å². The zero-order chi connectivity index (χ0) is 12.0. The summed E-state index contributed by atoms with van der Waals surface area (Å²) in [5.74, 6) is 1.81. The van der Waals surface area contributed by atoms with Crippen molar-refractivity contribution in [2.24, 2.45) is 5.92 Å². The highest BCUT2D eigenvalue weighted by molar-refractivity contribution is 6.31. The number of aromatic nitrogens is 2. The van der Waals surface area contributed by atoms with Gasteiger partial charge in [-0.2, -0.15) is 0 Å². The largest absolute Gasteiger partial charge is 0.490 e. The molecule has 90 valence electrons. The lowest BCUT2D eigenvalue weighted by molar-refractivity contribution is 0.412. The van der Waals surface area contributed by atoms with E-state index in [2.05, 4.69) is 29.1 Å². The molecular weight excluding hydrogens is 226 g/mol. The molecule has 0 radical (unpaired) electrons. The molecule has 0 bridgehead atoms. The maximum atomic E-state index is 5.90. The fraction of sp³-hybridized carbons (Fsp3) is 0.636. The Hall–Kier alpha value is -1.03. The molecule has 0 fully saturated rings. The molecule has 0 aliphatic heterocycles. The zero-order valence-corrected chi connectivity index (χ0v) is 10.7. The number of nitrogens with zero attached hydrogens (tertiary/aromatic N) is 2. The second kappa shape index (κ2) is 6.53. The van der Waals surface area contributed by atoms with Crippen molar-refractivity contribution in [3.8, 4) is 5.75 Å². The molecule has 5 heteroatoms. The van der Waals surface area contributed by atoms with E-state index in [4.69, 9.17) is 16.3 Å². The monoisotopic (exact) mass is 243 g/mol. The first-order chi connectivity index (χ1) is 7.72. The van der Waals surface area contributed by atoms with E-state index in [9.17, 15) is 0 Å². The van der Waals surface area contributed by atoms with Crippen LogP contribution in [0.1, 0.15) is 26.7 Å². The van der Waals surface area contributed by atoms with Crippen LogP contribution < -0.4 is 10.1 Å². The Bertz CT molecular complexity index is 329. The molecule has 1 aromatic rings. The molecular formula is C11H18ClN3O. The van der Waals surface area contributed by atoms with E-state index in [1.54, 1.807) is 7.11 Å². The third-order valence-corrected chi connectivity index (χ3v) is 2.95. The van der Waals surface area contributed by atoms with Crippen LogP contribution in [0.3, 0.4) is 0 Å². The van der Waals surface area contributed by atoms with Crippen molar-refractivity contribution in [2.45, 2.75) is 26.7 Å². The van der Waals surface area contributed by atoms with Crippen molar-refractivity contribution < 1.29 is 4.74 Å². The van der Waals surface area contributed by atoms with Crippen LogP contribution in [0, 0.1) is 5.92 Å². The fourth-order valence-electron chi connectivity index (χ4n) is 1.48. The Morgan fingerprint density at radius 3 is 2.62 bits per heavy atom. The number of hydrogen-bond donors (Lipinski definition) is 1. The molecule has 0 unspecified atom stereocenters. The van der Waals surface area contributed by atoms with Gasteiger partial charge in [0.1, 0.15) is 6.33 Å². The van der Waals surface area contributed by atoms with E-state index in [1.165, 1.54) is 6.33 Å². The number of ether oxygens (including phenoxy) is 1.